The first-order valence-corrected chi connectivity index (χ1v) is 21.5. The summed E-state index contributed by atoms with van der Waals surface area (Å²) in [7, 11) is -3.70. The van der Waals surface area contributed by atoms with E-state index in [4.69, 9.17) is 14.2 Å². The van der Waals surface area contributed by atoms with Crippen molar-refractivity contribution in [1.82, 2.24) is 20.7 Å². The first-order chi connectivity index (χ1) is 26.1. The lowest BCUT2D eigenvalue weighted by atomic mass is 9.77. The normalized spacial score (nSPS) is 15.9. The van der Waals surface area contributed by atoms with Crippen molar-refractivity contribution in [3.05, 3.63) is 65.7 Å². The van der Waals surface area contributed by atoms with Crippen molar-refractivity contribution in [2.24, 2.45) is 11.3 Å². The highest BCUT2D eigenvalue weighted by Crippen LogP contribution is 2.43. The molecular formula is C42H64N4O9S. The number of hydrogen-bond acceptors (Lipinski definition) is 9. The van der Waals surface area contributed by atoms with E-state index in [-0.39, 0.29) is 43.4 Å². The van der Waals surface area contributed by atoms with Crippen LogP contribution in [0.1, 0.15) is 111 Å². The Labute approximate surface area is 333 Å². The van der Waals surface area contributed by atoms with E-state index in [2.05, 4.69) is 20.7 Å². The molecule has 3 atom stereocenters. The molecule has 3 amide bonds. The molecule has 312 valence electrons. The summed E-state index contributed by atoms with van der Waals surface area (Å²) in [6.07, 6.45) is 5.34. The second-order valence-corrected chi connectivity index (χ2v) is 18.9. The minimum absolute atomic E-state index is 0.136. The maximum absolute atomic E-state index is 14.2. The molecule has 2 aromatic rings. The lowest BCUT2D eigenvalue weighted by Gasteiger charge is -2.33. The van der Waals surface area contributed by atoms with Gasteiger partial charge in [0.05, 0.1) is 6.26 Å². The molecule has 4 N–H and O–H groups in total. The number of ether oxygens (including phenoxy) is 3. The quantitative estimate of drug-likeness (QED) is 0.0931. The molecule has 1 aliphatic rings. The highest BCUT2D eigenvalue weighted by molar-refractivity contribution is 7.88. The number of hydrogen-bond donors (Lipinski definition) is 4. The summed E-state index contributed by atoms with van der Waals surface area (Å²) >= 11 is 0. The number of esters is 1. The van der Waals surface area contributed by atoms with Crippen LogP contribution >= 0.6 is 0 Å². The Kier molecular flexibility index (Phi) is 17.2. The van der Waals surface area contributed by atoms with Crippen molar-refractivity contribution < 1.29 is 41.8 Å². The molecule has 2 aromatic carbocycles. The number of nitrogens with one attached hydrogen (secondary N) is 4. The Hall–Kier alpha value is -4.17. The van der Waals surface area contributed by atoms with Crippen molar-refractivity contribution in [2.75, 3.05) is 19.3 Å². The van der Waals surface area contributed by atoms with Crippen LogP contribution < -0.4 is 25.4 Å². The largest absolute Gasteiger partial charge is 0.488 e. The second kappa shape index (κ2) is 20.8. The summed E-state index contributed by atoms with van der Waals surface area (Å²) in [6.45, 7) is 13.9. The van der Waals surface area contributed by atoms with Gasteiger partial charge in [0, 0.05) is 24.9 Å². The van der Waals surface area contributed by atoms with E-state index in [0.29, 0.717) is 44.4 Å². The fourth-order valence-corrected chi connectivity index (χ4v) is 7.55. The smallest absolute Gasteiger partial charge is 0.407 e. The number of carbonyl (C=O) groups excluding carboxylic acids is 4. The van der Waals surface area contributed by atoms with Crippen LogP contribution in [0.4, 0.5) is 4.79 Å². The van der Waals surface area contributed by atoms with E-state index in [1.165, 1.54) is 0 Å². The van der Waals surface area contributed by atoms with E-state index in [1.54, 1.807) is 20.8 Å². The Morgan fingerprint density at radius 1 is 0.821 bits per heavy atom. The molecule has 3 rings (SSSR count). The molecule has 1 fully saturated rings. The molecule has 0 aliphatic heterocycles. The molecule has 0 radical (unpaired) electrons. The van der Waals surface area contributed by atoms with E-state index in [1.807, 2.05) is 82.3 Å². The lowest BCUT2D eigenvalue weighted by Crippen LogP contribution is -2.51. The number of alkyl carbamates (subject to hydrolysis) is 1. The van der Waals surface area contributed by atoms with Gasteiger partial charge in [-0.3, -0.25) is 9.59 Å². The van der Waals surface area contributed by atoms with Gasteiger partial charge in [0.25, 0.3) is 0 Å². The van der Waals surface area contributed by atoms with Crippen LogP contribution in [-0.2, 0) is 46.9 Å². The van der Waals surface area contributed by atoms with Gasteiger partial charge in [-0.15, -0.1) is 0 Å². The van der Waals surface area contributed by atoms with Crippen LogP contribution in [0.5, 0.6) is 5.75 Å². The Bertz CT molecular complexity index is 1680. The van der Waals surface area contributed by atoms with Crippen LogP contribution in [0.3, 0.4) is 0 Å². The fraction of sp³-hybridized carbons (Fsp3) is 0.619. The third-order valence-electron chi connectivity index (χ3n) is 9.26. The molecule has 0 bridgehead atoms. The molecule has 1 unspecified atom stereocenters. The zero-order valence-electron chi connectivity index (χ0n) is 34.5. The first kappa shape index (κ1) is 46.2. The summed E-state index contributed by atoms with van der Waals surface area (Å²) in [5.74, 6) is -0.632. The maximum Gasteiger partial charge on any atom is 0.407 e. The van der Waals surface area contributed by atoms with Crippen molar-refractivity contribution in [3.63, 3.8) is 0 Å². The van der Waals surface area contributed by atoms with Gasteiger partial charge in [-0.2, -0.15) is 0 Å². The van der Waals surface area contributed by atoms with Crippen LogP contribution in [0, 0.1) is 11.3 Å². The third-order valence-corrected chi connectivity index (χ3v) is 9.98. The Morgan fingerprint density at radius 3 is 2.05 bits per heavy atom. The average Bonchev–Trinajstić information content (AvgIpc) is 3.57. The van der Waals surface area contributed by atoms with Crippen molar-refractivity contribution in [1.29, 1.82) is 0 Å². The minimum Gasteiger partial charge on any atom is -0.488 e. The van der Waals surface area contributed by atoms with E-state index >= 15 is 0 Å². The fourth-order valence-electron chi connectivity index (χ4n) is 6.81. The SMILES string of the molecule is C[C@H](CNC(=O)C(CCCCNC(=O)OCc1ccccc1)NS(C)(=O)=O)CC1(C(=O)N[C@@H](Cc2ccc(OC(C)(C)C)cc2)C(=O)OC(C)(C)C)CCCC1. The van der Waals surface area contributed by atoms with Gasteiger partial charge >= 0.3 is 12.1 Å². The number of rotatable bonds is 20. The molecule has 13 nitrogen and oxygen atoms in total. The first-order valence-electron chi connectivity index (χ1n) is 19.6. The van der Waals surface area contributed by atoms with Crippen LogP contribution in [-0.4, -0.2) is 74.9 Å². The van der Waals surface area contributed by atoms with Crippen molar-refractivity contribution in [3.8, 4) is 5.75 Å². The number of carbonyl (C=O) groups is 4. The monoisotopic (exact) mass is 800 g/mol. The molecule has 56 heavy (non-hydrogen) atoms. The van der Waals surface area contributed by atoms with Gasteiger partial charge in [0.15, 0.2) is 0 Å². The second-order valence-electron chi connectivity index (χ2n) is 17.1. The molecule has 1 saturated carbocycles. The molecule has 0 heterocycles. The highest BCUT2D eigenvalue weighted by atomic mass is 32.2. The standard InChI is InChI=1S/C42H64N4O9S/c1-30(28-44-36(47)34(46-56(8,51)52)18-12-15-25-43-39(50)53-29-32-16-10-9-11-17-32)27-42(23-13-14-24-42)38(49)45-35(37(48)55-41(5,6)7)26-31-19-21-33(22-20-31)54-40(2,3)4/h9-11,16-17,19-22,30,34-35,46H,12-15,18,23-29H2,1-8H3,(H,43,50)(H,44,47)(H,45,49)/t30-,34?,35-/m0/s1. The predicted octanol–water partition coefficient (Wildman–Crippen LogP) is 5.95. The third kappa shape index (κ3) is 17.3. The predicted molar refractivity (Wildman–Crippen MR) is 216 cm³/mol. The summed E-state index contributed by atoms with van der Waals surface area (Å²) < 4.78 is 43.6. The topological polar surface area (TPSA) is 178 Å². The Balaban J connectivity index is 1.58. The van der Waals surface area contributed by atoms with Gasteiger partial charge in [-0.1, -0.05) is 62.2 Å². The number of benzene rings is 2. The van der Waals surface area contributed by atoms with E-state index < -0.39 is 51.1 Å². The highest BCUT2D eigenvalue weighted by Gasteiger charge is 2.43. The zero-order chi connectivity index (χ0) is 41.6. The van der Waals surface area contributed by atoms with Gasteiger partial charge in [0.2, 0.25) is 21.8 Å². The molecular weight excluding hydrogens is 737 g/mol. The van der Waals surface area contributed by atoms with Crippen LogP contribution in [0.25, 0.3) is 0 Å². The molecule has 0 spiro atoms. The van der Waals surface area contributed by atoms with Crippen LogP contribution in [0.15, 0.2) is 54.6 Å². The Morgan fingerprint density at radius 2 is 1.46 bits per heavy atom. The van der Waals surface area contributed by atoms with Crippen molar-refractivity contribution in [2.45, 2.75) is 136 Å². The molecule has 1 aliphatic carbocycles. The molecule has 0 saturated heterocycles. The van der Waals surface area contributed by atoms with Gasteiger partial charge in [-0.25, -0.2) is 22.7 Å². The van der Waals surface area contributed by atoms with Gasteiger partial charge in [-0.05, 0) is 109 Å². The number of amides is 3. The number of sulfonamides is 1. The maximum atomic E-state index is 14.2. The summed E-state index contributed by atoms with van der Waals surface area (Å²) in [5.41, 5.74) is -0.145. The zero-order valence-corrected chi connectivity index (χ0v) is 35.3. The summed E-state index contributed by atoms with van der Waals surface area (Å²) in [4.78, 5) is 53.0. The van der Waals surface area contributed by atoms with E-state index in [0.717, 1.165) is 30.2 Å². The van der Waals surface area contributed by atoms with Gasteiger partial charge in [0.1, 0.15) is 35.6 Å². The van der Waals surface area contributed by atoms with Gasteiger partial charge < -0.3 is 30.2 Å². The average molecular weight is 801 g/mol. The van der Waals surface area contributed by atoms with Crippen molar-refractivity contribution >= 4 is 33.9 Å². The van der Waals surface area contributed by atoms with Crippen LogP contribution in [0.2, 0.25) is 0 Å². The summed E-state index contributed by atoms with van der Waals surface area (Å²) in [5, 5.41) is 8.62. The molecule has 0 aromatic heterocycles. The van der Waals surface area contributed by atoms with E-state index in [9.17, 15) is 27.6 Å². The summed E-state index contributed by atoms with van der Waals surface area (Å²) in [6, 6.07) is 14.9. The lowest BCUT2D eigenvalue weighted by molar-refractivity contribution is -0.159. The minimum atomic E-state index is -3.70. The number of unbranched alkanes of at least 4 members (excludes halogenated alkanes) is 1. The molecule has 14 heteroatoms.